The Morgan fingerprint density at radius 1 is 1.29 bits per heavy atom. The zero-order chi connectivity index (χ0) is 15.6. The van der Waals surface area contributed by atoms with Crippen molar-refractivity contribution in [2.24, 2.45) is 0 Å². The Balaban J connectivity index is 2.45. The van der Waals surface area contributed by atoms with E-state index in [4.69, 9.17) is 9.47 Å². The van der Waals surface area contributed by atoms with Crippen molar-refractivity contribution in [3.05, 3.63) is 23.3 Å². The van der Waals surface area contributed by atoms with E-state index >= 15 is 0 Å². The second-order valence-corrected chi connectivity index (χ2v) is 5.60. The zero-order valence-electron chi connectivity index (χ0n) is 11.5. The lowest BCUT2D eigenvalue weighted by molar-refractivity contribution is -0.690. The predicted molar refractivity (Wildman–Crippen MR) is 69.8 cm³/mol. The smallest absolute Gasteiger partial charge is 0.170 e. The maximum absolute atomic E-state index is 11.4. The molecule has 2 atom stereocenters. The van der Waals surface area contributed by atoms with Gasteiger partial charge >= 0.3 is 0 Å². The number of quaternary nitrogens is 1. The highest BCUT2D eigenvalue weighted by Crippen LogP contribution is 2.38. The third-order valence-electron chi connectivity index (χ3n) is 3.25. The fourth-order valence-corrected chi connectivity index (χ4v) is 3.60. The van der Waals surface area contributed by atoms with Gasteiger partial charge in [0.25, 0.3) is 0 Å². The van der Waals surface area contributed by atoms with Crippen molar-refractivity contribution in [3.63, 3.8) is 0 Å². The summed E-state index contributed by atoms with van der Waals surface area (Å²) in [6.07, 6.45) is 0. The fourth-order valence-electron chi connectivity index (χ4n) is 2.26. The van der Waals surface area contributed by atoms with Gasteiger partial charge in [-0.2, -0.15) is 0 Å². The number of hydrogen-bond donors (Lipinski definition) is 1. The van der Waals surface area contributed by atoms with Crippen molar-refractivity contribution in [2.45, 2.75) is 11.4 Å². The second kappa shape index (κ2) is 6.23. The zero-order valence-corrected chi connectivity index (χ0v) is 12.3. The van der Waals surface area contributed by atoms with Crippen molar-refractivity contribution in [3.8, 4) is 11.5 Å². The van der Waals surface area contributed by atoms with E-state index in [0.717, 1.165) is 0 Å². The Morgan fingerprint density at radius 2 is 2.00 bits per heavy atom. The lowest BCUT2D eigenvalue weighted by Gasteiger charge is -2.19. The number of carbonyl (C=O) groups excluding carboxylic acids is 2. The number of rotatable bonds is 5. The van der Waals surface area contributed by atoms with Gasteiger partial charge in [-0.25, -0.2) is 0 Å². The van der Waals surface area contributed by atoms with Crippen LogP contribution in [0.15, 0.2) is 12.1 Å². The summed E-state index contributed by atoms with van der Waals surface area (Å²) in [7, 11) is 2.74. The minimum Gasteiger partial charge on any atom is -0.545 e. The van der Waals surface area contributed by atoms with Gasteiger partial charge < -0.3 is 34.6 Å². The Bertz CT molecular complexity index is 576. The van der Waals surface area contributed by atoms with Gasteiger partial charge in [0.2, 0.25) is 0 Å². The Kier molecular flexibility index (Phi) is 4.59. The summed E-state index contributed by atoms with van der Waals surface area (Å²) in [6.45, 7) is 0. The van der Waals surface area contributed by atoms with Crippen LogP contribution in [0, 0.1) is 0 Å². The molecule has 7 nitrogen and oxygen atoms in total. The molecule has 114 valence electrons. The number of hydrogen-bond acceptors (Lipinski definition) is 7. The normalized spacial score (nSPS) is 21.0. The van der Waals surface area contributed by atoms with E-state index in [1.54, 1.807) is 17.4 Å². The molecule has 2 N–H and O–H groups in total. The number of carbonyl (C=O) groups is 2. The quantitative estimate of drug-likeness (QED) is 0.638. The Morgan fingerprint density at radius 3 is 2.48 bits per heavy atom. The number of nitrogens with two attached hydrogens (primary N) is 1. The molecule has 1 aliphatic rings. The van der Waals surface area contributed by atoms with Crippen LogP contribution in [0.2, 0.25) is 0 Å². The monoisotopic (exact) mass is 312 g/mol. The van der Waals surface area contributed by atoms with Crippen LogP contribution in [0.5, 0.6) is 11.5 Å². The molecule has 1 aromatic carbocycles. The third kappa shape index (κ3) is 2.91. The molecule has 0 amide bonds. The van der Waals surface area contributed by atoms with Gasteiger partial charge in [-0.15, -0.1) is 0 Å². The SMILES string of the molecule is COc1ccc([C@H]2[NH2+][C@@H](C(=O)[O-])CS2)c(C(=O)[O-])c1OC. The molecule has 0 aliphatic carbocycles. The molecule has 0 bridgehead atoms. The highest BCUT2D eigenvalue weighted by molar-refractivity contribution is 7.99. The molecule has 0 aromatic heterocycles. The van der Waals surface area contributed by atoms with Gasteiger partial charge in [0, 0.05) is 5.56 Å². The number of methoxy groups -OCH3 is 2. The van der Waals surface area contributed by atoms with Gasteiger partial charge in [-0.05, 0) is 12.1 Å². The molecule has 1 aromatic rings. The van der Waals surface area contributed by atoms with Crippen LogP contribution in [0.25, 0.3) is 0 Å². The van der Waals surface area contributed by atoms with Crippen molar-refractivity contribution in [1.29, 1.82) is 0 Å². The van der Waals surface area contributed by atoms with Crippen molar-refractivity contribution in [2.75, 3.05) is 20.0 Å². The van der Waals surface area contributed by atoms with Gasteiger partial charge in [0.15, 0.2) is 16.9 Å². The largest absolute Gasteiger partial charge is 0.545 e. The highest BCUT2D eigenvalue weighted by atomic mass is 32.2. The van der Waals surface area contributed by atoms with E-state index in [-0.39, 0.29) is 22.4 Å². The molecule has 21 heavy (non-hydrogen) atoms. The van der Waals surface area contributed by atoms with Gasteiger partial charge in [-0.3, -0.25) is 0 Å². The molecule has 1 heterocycles. The van der Waals surface area contributed by atoms with Crippen LogP contribution in [-0.2, 0) is 4.79 Å². The summed E-state index contributed by atoms with van der Waals surface area (Å²) in [5.41, 5.74) is 0.311. The summed E-state index contributed by atoms with van der Waals surface area (Å²) in [6, 6.07) is 2.46. The van der Waals surface area contributed by atoms with Crippen LogP contribution >= 0.6 is 11.8 Å². The number of ether oxygens (including phenoxy) is 2. The summed E-state index contributed by atoms with van der Waals surface area (Å²) in [5, 5.41) is 23.5. The van der Waals surface area contributed by atoms with Crippen molar-refractivity contribution >= 4 is 23.7 Å². The minimum absolute atomic E-state index is 0.0703. The first-order valence-electron chi connectivity index (χ1n) is 6.13. The van der Waals surface area contributed by atoms with Crippen LogP contribution < -0.4 is 25.0 Å². The van der Waals surface area contributed by atoms with E-state index < -0.39 is 18.0 Å². The average Bonchev–Trinajstić information content (AvgIpc) is 2.95. The average molecular weight is 312 g/mol. The number of aliphatic carboxylic acids is 1. The van der Waals surface area contributed by atoms with Crippen LogP contribution in [0.3, 0.4) is 0 Å². The fraction of sp³-hybridized carbons (Fsp3) is 0.385. The first kappa shape index (κ1) is 15.5. The number of carboxylic acids is 2. The molecule has 0 spiro atoms. The van der Waals surface area contributed by atoms with Gasteiger partial charge in [-0.1, -0.05) is 11.8 Å². The summed E-state index contributed by atoms with van der Waals surface area (Å²) >= 11 is 1.33. The topological polar surface area (TPSA) is 115 Å². The van der Waals surface area contributed by atoms with E-state index in [0.29, 0.717) is 11.3 Å². The van der Waals surface area contributed by atoms with Crippen LogP contribution in [-0.4, -0.2) is 38.0 Å². The molecule has 8 heteroatoms. The predicted octanol–water partition coefficient (Wildman–Crippen LogP) is -2.51. The van der Waals surface area contributed by atoms with E-state index in [1.807, 2.05) is 0 Å². The first-order chi connectivity index (χ1) is 9.99. The minimum atomic E-state index is -1.40. The highest BCUT2D eigenvalue weighted by Gasteiger charge is 2.34. The van der Waals surface area contributed by atoms with Crippen molar-refractivity contribution < 1.29 is 34.6 Å². The molecule has 2 rings (SSSR count). The molecule has 1 fully saturated rings. The lowest BCUT2D eigenvalue weighted by atomic mass is 10.0. The Hall–Kier alpha value is -1.93. The van der Waals surface area contributed by atoms with Gasteiger partial charge in [0.05, 0.1) is 31.5 Å². The Labute approximate surface area is 125 Å². The van der Waals surface area contributed by atoms with Crippen molar-refractivity contribution in [1.82, 2.24) is 0 Å². The second-order valence-electron chi connectivity index (χ2n) is 4.42. The van der Waals surface area contributed by atoms with Crippen LogP contribution in [0.4, 0.5) is 0 Å². The number of carboxylic acid groups (broad SMARTS) is 2. The molecule has 0 radical (unpaired) electrons. The molecule has 0 saturated carbocycles. The first-order valence-corrected chi connectivity index (χ1v) is 7.18. The standard InChI is InChI=1S/C13H15NO6S/c1-19-8-4-3-6(9(13(17)18)10(8)20-2)11-14-7(5-21-11)12(15)16/h3-4,7,11,14H,5H2,1-2H3,(H,15,16)(H,17,18)/p-1/t7-,11+/m1/s1. The number of benzene rings is 1. The van der Waals surface area contributed by atoms with E-state index in [1.165, 1.54) is 26.0 Å². The van der Waals surface area contributed by atoms with Gasteiger partial charge in [0.1, 0.15) is 12.0 Å². The molecule has 0 unspecified atom stereocenters. The molecular weight excluding hydrogens is 298 g/mol. The number of aromatic carboxylic acids is 1. The van der Waals surface area contributed by atoms with Crippen LogP contribution in [0.1, 0.15) is 21.3 Å². The van der Waals surface area contributed by atoms with E-state index in [2.05, 4.69) is 0 Å². The third-order valence-corrected chi connectivity index (χ3v) is 4.58. The summed E-state index contributed by atoms with van der Waals surface area (Å²) in [5.74, 6) is -1.87. The number of thioether (sulfide) groups is 1. The maximum Gasteiger partial charge on any atom is 0.170 e. The molecule has 1 aliphatic heterocycles. The molecular formula is C13H14NO6S-. The molecule has 1 saturated heterocycles. The maximum atomic E-state index is 11.4. The lowest BCUT2D eigenvalue weighted by Crippen LogP contribution is -2.90. The summed E-state index contributed by atoms with van der Waals surface area (Å²) in [4.78, 5) is 22.3. The summed E-state index contributed by atoms with van der Waals surface area (Å²) < 4.78 is 10.2. The van der Waals surface area contributed by atoms with E-state index in [9.17, 15) is 19.8 Å².